The number of amides is 1. The van der Waals surface area contributed by atoms with Crippen LogP contribution in [-0.2, 0) is 4.74 Å². The van der Waals surface area contributed by atoms with Crippen LogP contribution in [0.1, 0.15) is 47.0 Å². The molecule has 0 radical (unpaired) electrons. The van der Waals surface area contributed by atoms with Crippen molar-refractivity contribution >= 4 is 6.09 Å². The molecule has 1 saturated heterocycles. The minimum atomic E-state index is -0.416. The largest absolute Gasteiger partial charge is 0.444 e. The van der Waals surface area contributed by atoms with E-state index in [2.05, 4.69) is 25.9 Å². The zero-order valence-corrected chi connectivity index (χ0v) is 12.7. The van der Waals surface area contributed by atoms with Crippen LogP contribution in [0.5, 0.6) is 0 Å². The van der Waals surface area contributed by atoms with E-state index < -0.39 is 5.60 Å². The van der Waals surface area contributed by atoms with E-state index in [1.54, 1.807) is 0 Å². The minimum absolute atomic E-state index is 0.166. The van der Waals surface area contributed by atoms with Gasteiger partial charge in [-0.15, -0.1) is 0 Å². The molecular weight excluding hydrogens is 228 g/mol. The summed E-state index contributed by atoms with van der Waals surface area (Å²) in [4.78, 5) is 16.3. The average molecular weight is 256 g/mol. The molecule has 18 heavy (non-hydrogen) atoms. The molecule has 0 aliphatic carbocycles. The Bertz CT molecular complexity index is 284. The number of ether oxygens (including phenoxy) is 1. The summed E-state index contributed by atoms with van der Waals surface area (Å²) in [6.07, 6.45) is 3.18. The molecule has 2 atom stereocenters. The van der Waals surface area contributed by atoms with E-state index in [-0.39, 0.29) is 12.1 Å². The number of rotatable bonds is 2. The maximum atomic E-state index is 12.2. The summed E-state index contributed by atoms with van der Waals surface area (Å²) >= 11 is 0. The Labute approximate surface area is 111 Å². The fraction of sp³-hybridized carbons (Fsp3) is 0.929. The number of carbonyl (C=O) groups is 1. The maximum Gasteiger partial charge on any atom is 0.410 e. The lowest BCUT2D eigenvalue weighted by Crippen LogP contribution is -2.53. The number of hydrogen-bond acceptors (Lipinski definition) is 3. The van der Waals surface area contributed by atoms with Gasteiger partial charge in [-0.2, -0.15) is 0 Å². The first-order chi connectivity index (χ1) is 8.22. The first-order valence-electron chi connectivity index (χ1n) is 6.88. The van der Waals surface area contributed by atoms with Gasteiger partial charge in [-0.25, -0.2) is 4.79 Å². The van der Waals surface area contributed by atoms with Gasteiger partial charge in [-0.1, -0.05) is 0 Å². The summed E-state index contributed by atoms with van der Waals surface area (Å²) in [5.74, 6) is 0. The van der Waals surface area contributed by atoms with Crippen LogP contribution in [0.2, 0.25) is 0 Å². The summed E-state index contributed by atoms with van der Waals surface area (Å²) in [6, 6.07) is 0.626. The predicted octanol–water partition coefficient (Wildman–Crippen LogP) is 2.73. The van der Waals surface area contributed by atoms with E-state index in [1.165, 1.54) is 6.42 Å². The Balaban J connectivity index is 2.73. The van der Waals surface area contributed by atoms with Crippen molar-refractivity contribution in [3.05, 3.63) is 0 Å². The predicted molar refractivity (Wildman–Crippen MR) is 73.7 cm³/mol. The lowest BCUT2D eigenvalue weighted by atomic mass is 9.96. The lowest BCUT2D eigenvalue weighted by molar-refractivity contribution is -0.000424. The van der Waals surface area contributed by atoms with Crippen molar-refractivity contribution in [2.45, 2.75) is 64.6 Å². The highest BCUT2D eigenvalue weighted by Gasteiger charge is 2.34. The van der Waals surface area contributed by atoms with Crippen LogP contribution in [0, 0.1) is 0 Å². The van der Waals surface area contributed by atoms with Crippen LogP contribution in [0.25, 0.3) is 0 Å². The van der Waals surface area contributed by atoms with E-state index in [0.29, 0.717) is 6.04 Å². The summed E-state index contributed by atoms with van der Waals surface area (Å²) in [6.45, 7) is 8.74. The summed E-state index contributed by atoms with van der Waals surface area (Å²) in [5, 5.41) is 0. The monoisotopic (exact) mass is 256 g/mol. The van der Waals surface area contributed by atoms with E-state index in [0.717, 1.165) is 19.4 Å². The molecule has 1 aliphatic rings. The Kier molecular flexibility index (Phi) is 5.02. The standard InChI is InChI=1S/C14H28N2O2/c1-11(15(5)6)12-9-7-8-10-16(12)13(17)18-14(2,3)4/h11-12H,7-10H2,1-6H3. The smallest absolute Gasteiger partial charge is 0.410 e. The van der Waals surface area contributed by atoms with Crippen LogP contribution in [0.4, 0.5) is 4.79 Å². The van der Waals surface area contributed by atoms with Gasteiger partial charge in [0.15, 0.2) is 0 Å². The number of likely N-dealkylation sites (tertiary alicyclic amines) is 1. The number of nitrogens with zero attached hydrogens (tertiary/aromatic N) is 2. The van der Waals surface area contributed by atoms with Crippen molar-refractivity contribution in [3.8, 4) is 0 Å². The topological polar surface area (TPSA) is 32.8 Å². The second-order valence-electron chi connectivity index (χ2n) is 6.44. The second-order valence-corrected chi connectivity index (χ2v) is 6.44. The number of likely N-dealkylation sites (N-methyl/N-ethyl adjacent to an activating group) is 1. The van der Waals surface area contributed by atoms with Crippen molar-refractivity contribution in [1.29, 1.82) is 0 Å². The summed E-state index contributed by atoms with van der Waals surface area (Å²) in [7, 11) is 4.12. The second kappa shape index (κ2) is 5.91. The van der Waals surface area contributed by atoms with Crippen LogP contribution in [-0.4, -0.2) is 54.2 Å². The Morgan fingerprint density at radius 1 is 1.33 bits per heavy atom. The maximum absolute atomic E-state index is 12.2. The molecule has 1 aliphatic heterocycles. The van der Waals surface area contributed by atoms with Gasteiger partial charge in [0, 0.05) is 12.6 Å². The molecule has 0 aromatic rings. The van der Waals surface area contributed by atoms with Gasteiger partial charge in [0.25, 0.3) is 0 Å². The normalized spacial score (nSPS) is 23.1. The van der Waals surface area contributed by atoms with Gasteiger partial charge in [0.05, 0.1) is 6.04 Å². The van der Waals surface area contributed by atoms with Crippen molar-refractivity contribution < 1.29 is 9.53 Å². The van der Waals surface area contributed by atoms with Crippen molar-refractivity contribution in [3.63, 3.8) is 0 Å². The van der Waals surface area contributed by atoms with E-state index in [9.17, 15) is 4.79 Å². The van der Waals surface area contributed by atoms with Crippen molar-refractivity contribution in [2.24, 2.45) is 0 Å². The molecule has 1 amide bonds. The molecule has 1 rings (SSSR count). The molecular formula is C14H28N2O2. The third-order valence-corrected chi connectivity index (χ3v) is 3.55. The van der Waals surface area contributed by atoms with Crippen LogP contribution in [0.15, 0.2) is 0 Å². The van der Waals surface area contributed by atoms with Crippen LogP contribution in [0.3, 0.4) is 0 Å². The lowest BCUT2D eigenvalue weighted by Gasteiger charge is -2.41. The molecule has 0 N–H and O–H groups in total. The Morgan fingerprint density at radius 2 is 1.94 bits per heavy atom. The molecule has 1 fully saturated rings. The zero-order valence-electron chi connectivity index (χ0n) is 12.7. The minimum Gasteiger partial charge on any atom is -0.444 e. The Morgan fingerprint density at radius 3 is 2.44 bits per heavy atom. The average Bonchev–Trinajstić information content (AvgIpc) is 2.25. The van der Waals surface area contributed by atoms with Crippen molar-refractivity contribution in [1.82, 2.24) is 9.80 Å². The van der Waals surface area contributed by atoms with Gasteiger partial charge < -0.3 is 14.5 Å². The van der Waals surface area contributed by atoms with E-state index in [4.69, 9.17) is 4.74 Å². The molecule has 4 nitrogen and oxygen atoms in total. The van der Waals surface area contributed by atoms with E-state index >= 15 is 0 Å². The zero-order chi connectivity index (χ0) is 13.9. The van der Waals surface area contributed by atoms with E-state index in [1.807, 2.05) is 25.7 Å². The summed E-state index contributed by atoms with van der Waals surface area (Å²) < 4.78 is 5.51. The molecule has 0 aromatic carbocycles. The molecule has 0 bridgehead atoms. The first kappa shape index (κ1) is 15.3. The highest BCUT2D eigenvalue weighted by Crippen LogP contribution is 2.24. The van der Waals surface area contributed by atoms with Crippen molar-refractivity contribution in [2.75, 3.05) is 20.6 Å². The number of hydrogen-bond donors (Lipinski definition) is 0. The first-order valence-corrected chi connectivity index (χ1v) is 6.88. The SMILES string of the molecule is CC(C1CCCCN1C(=O)OC(C)(C)C)N(C)C. The molecule has 0 spiro atoms. The third kappa shape index (κ3) is 4.16. The third-order valence-electron chi connectivity index (χ3n) is 3.55. The molecule has 2 unspecified atom stereocenters. The van der Waals surface area contributed by atoms with Crippen LogP contribution < -0.4 is 0 Å². The van der Waals surface area contributed by atoms with Gasteiger partial charge in [0.1, 0.15) is 5.60 Å². The summed E-state index contributed by atoms with van der Waals surface area (Å²) in [5.41, 5.74) is -0.416. The molecule has 0 aromatic heterocycles. The quantitative estimate of drug-likeness (QED) is 0.761. The van der Waals surface area contributed by atoms with Crippen LogP contribution >= 0.6 is 0 Å². The molecule has 106 valence electrons. The molecule has 1 heterocycles. The van der Waals surface area contributed by atoms with Gasteiger partial charge in [-0.3, -0.25) is 0 Å². The fourth-order valence-corrected chi connectivity index (χ4v) is 2.35. The van der Waals surface area contributed by atoms with Gasteiger partial charge in [0.2, 0.25) is 0 Å². The highest BCUT2D eigenvalue weighted by atomic mass is 16.6. The number of carbonyl (C=O) groups excluding carboxylic acids is 1. The molecule has 0 saturated carbocycles. The Hall–Kier alpha value is -0.770. The highest BCUT2D eigenvalue weighted by molar-refractivity contribution is 5.68. The van der Waals surface area contributed by atoms with Gasteiger partial charge in [-0.05, 0) is 61.1 Å². The molecule has 4 heteroatoms. The fourth-order valence-electron chi connectivity index (χ4n) is 2.35. The number of piperidine rings is 1. The van der Waals surface area contributed by atoms with Gasteiger partial charge >= 0.3 is 6.09 Å².